The van der Waals surface area contributed by atoms with Crippen LogP contribution in [0, 0.1) is 0 Å². The Morgan fingerprint density at radius 1 is 1.25 bits per heavy atom. The van der Waals surface area contributed by atoms with Crippen LogP contribution < -0.4 is 16.4 Å². The number of carbonyl (C=O) groups excluding carboxylic acids is 3. The molecule has 1 saturated heterocycles. The Morgan fingerprint density at radius 3 is 2.55 bits per heavy atom. The Kier molecular flexibility index (Phi) is 5.72. The average Bonchev–Trinajstić information content (AvgIpc) is 2.42. The van der Waals surface area contributed by atoms with E-state index >= 15 is 0 Å². The molecule has 0 aromatic carbocycles. The van der Waals surface area contributed by atoms with Crippen molar-refractivity contribution in [2.45, 2.75) is 6.04 Å². The SMILES string of the molecule is NC(=O)C1COCCN1C(=O)NCC(=O)NCC(=O)O. The van der Waals surface area contributed by atoms with Gasteiger partial charge in [-0.05, 0) is 0 Å². The zero-order valence-electron chi connectivity index (χ0n) is 10.6. The van der Waals surface area contributed by atoms with E-state index in [0.29, 0.717) is 0 Å². The maximum absolute atomic E-state index is 11.8. The summed E-state index contributed by atoms with van der Waals surface area (Å²) in [4.78, 5) is 45.6. The van der Waals surface area contributed by atoms with Crippen molar-refractivity contribution in [1.29, 1.82) is 0 Å². The van der Waals surface area contributed by atoms with Crippen molar-refractivity contribution in [1.82, 2.24) is 15.5 Å². The van der Waals surface area contributed by atoms with Crippen molar-refractivity contribution in [3.8, 4) is 0 Å². The quantitative estimate of drug-likeness (QED) is 0.425. The van der Waals surface area contributed by atoms with Crippen LogP contribution in [0.1, 0.15) is 0 Å². The first-order valence-electron chi connectivity index (χ1n) is 5.82. The van der Waals surface area contributed by atoms with E-state index in [4.69, 9.17) is 15.6 Å². The predicted octanol–water partition coefficient (Wildman–Crippen LogP) is -2.92. The number of ether oxygens (including phenoxy) is 1. The predicted molar refractivity (Wildman–Crippen MR) is 64.6 cm³/mol. The number of primary amides is 1. The molecule has 1 atom stereocenters. The number of hydrogen-bond donors (Lipinski definition) is 4. The summed E-state index contributed by atoms with van der Waals surface area (Å²) < 4.78 is 5.05. The van der Waals surface area contributed by atoms with E-state index in [2.05, 4.69) is 10.6 Å². The number of carboxylic acids is 1. The highest BCUT2D eigenvalue weighted by Crippen LogP contribution is 2.06. The second-order valence-electron chi connectivity index (χ2n) is 4.02. The molecule has 1 fully saturated rings. The number of hydrogen-bond acceptors (Lipinski definition) is 5. The van der Waals surface area contributed by atoms with Crippen molar-refractivity contribution >= 4 is 23.8 Å². The van der Waals surface area contributed by atoms with Crippen molar-refractivity contribution < 1.29 is 29.0 Å². The molecule has 1 rings (SSSR count). The molecule has 1 unspecified atom stereocenters. The molecule has 20 heavy (non-hydrogen) atoms. The summed E-state index contributed by atoms with van der Waals surface area (Å²) in [5.74, 6) is -2.54. The molecule has 0 bridgehead atoms. The lowest BCUT2D eigenvalue weighted by Crippen LogP contribution is -2.58. The van der Waals surface area contributed by atoms with Gasteiger partial charge in [0.25, 0.3) is 0 Å². The molecule has 0 spiro atoms. The molecule has 5 N–H and O–H groups in total. The maximum atomic E-state index is 11.8. The molecule has 4 amide bonds. The molecule has 10 heteroatoms. The number of carbonyl (C=O) groups is 4. The van der Waals surface area contributed by atoms with Gasteiger partial charge in [0.15, 0.2) is 0 Å². The number of morpholine rings is 1. The smallest absolute Gasteiger partial charge is 0.322 e. The van der Waals surface area contributed by atoms with Crippen LogP contribution >= 0.6 is 0 Å². The number of nitrogens with zero attached hydrogens (tertiary/aromatic N) is 1. The number of nitrogens with one attached hydrogen (secondary N) is 2. The molecule has 0 aromatic heterocycles. The number of rotatable bonds is 5. The van der Waals surface area contributed by atoms with Crippen LogP contribution in [0.15, 0.2) is 0 Å². The second kappa shape index (κ2) is 7.28. The van der Waals surface area contributed by atoms with Gasteiger partial charge in [-0.1, -0.05) is 0 Å². The van der Waals surface area contributed by atoms with E-state index in [1.165, 1.54) is 4.90 Å². The molecule has 10 nitrogen and oxygen atoms in total. The van der Waals surface area contributed by atoms with Crippen LogP contribution in [0.3, 0.4) is 0 Å². The summed E-state index contributed by atoms with van der Waals surface area (Å²) in [5.41, 5.74) is 5.15. The molecule has 0 saturated carbocycles. The topological polar surface area (TPSA) is 151 Å². The highest BCUT2D eigenvalue weighted by Gasteiger charge is 2.31. The van der Waals surface area contributed by atoms with Crippen LogP contribution in [-0.4, -0.2) is 72.7 Å². The third-order valence-corrected chi connectivity index (χ3v) is 2.55. The lowest BCUT2D eigenvalue weighted by atomic mass is 10.2. The average molecular weight is 288 g/mol. The maximum Gasteiger partial charge on any atom is 0.322 e. The largest absolute Gasteiger partial charge is 0.480 e. The van der Waals surface area contributed by atoms with Gasteiger partial charge in [0.05, 0.1) is 19.8 Å². The zero-order chi connectivity index (χ0) is 15.1. The second-order valence-corrected chi connectivity index (χ2v) is 4.02. The first-order valence-corrected chi connectivity index (χ1v) is 5.82. The van der Waals surface area contributed by atoms with Crippen LogP contribution in [0.2, 0.25) is 0 Å². The highest BCUT2D eigenvalue weighted by atomic mass is 16.5. The van der Waals surface area contributed by atoms with E-state index in [1.807, 2.05) is 0 Å². The summed E-state index contributed by atoms with van der Waals surface area (Å²) >= 11 is 0. The van der Waals surface area contributed by atoms with Crippen molar-refractivity contribution in [3.63, 3.8) is 0 Å². The molecule has 0 aliphatic carbocycles. The minimum atomic E-state index is -1.19. The third kappa shape index (κ3) is 4.72. The van der Waals surface area contributed by atoms with Gasteiger partial charge in [0.2, 0.25) is 11.8 Å². The van der Waals surface area contributed by atoms with Crippen LogP contribution in [0.25, 0.3) is 0 Å². The fourth-order valence-corrected chi connectivity index (χ4v) is 1.58. The lowest BCUT2D eigenvalue weighted by Gasteiger charge is -2.33. The first kappa shape index (κ1) is 15.7. The summed E-state index contributed by atoms with van der Waals surface area (Å²) in [5, 5.41) is 12.7. The van der Waals surface area contributed by atoms with Gasteiger partial charge < -0.3 is 31.1 Å². The molecule has 1 aliphatic rings. The van der Waals surface area contributed by atoms with Gasteiger partial charge in [-0.2, -0.15) is 0 Å². The Labute approximate surface area is 114 Å². The van der Waals surface area contributed by atoms with E-state index in [-0.39, 0.29) is 19.8 Å². The standard InChI is InChI=1S/C10H16N4O6/c11-9(18)6-5-20-2-1-14(6)10(19)13-3-7(15)12-4-8(16)17/h6H,1-5H2,(H2,11,18)(H,12,15)(H,13,19)(H,16,17). The fourth-order valence-electron chi connectivity index (χ4n) is 1.58. The van der Waals surface area contributed by atoms with Gasteiger partial charge in [0, 0.05) is 6.54 Å². The Balaban J connectivity index is 2.42. The first-order chi connectivity index (χ1) is 9.41. The molecule has 0 radical (unpaired) electrons. The molecule has 1 heterocycles. The van der Waals surface area contributed by atoms with E-state index in [9.17, 15) is 19.2 Å². The number of aliphatic carboxylic acids is 1. The summed E-state index contributed by atoms with van der Waals surface area (Å²) in [7, 11) is 0. The highest BCUT2D eigenvalue weighted by molar-refractivity contribution is 5.89. The summed E-state index contributed by atoms with van der Waals surface area (Å²) in [6.45, 7) is -0.475. The fraction of sp³-hybridized carbons (Fsp3) is 0.600. The summed E-state index contributed by atoms with van der Waals surface area (Å²) in [6, 6.07) is -1.52. The van der Waals surface area contributed by atoms with Crippen LogP contribution in [0.4, 0.5) is 4.79 Å². The Morgan fingerprint density at radius 2 is 1.95 bits per heavy atom. The lowest BCUT2D eigenvalue weighted by molar-refractivity contribution is -0.137. The monoisotopic (exact) mass is 288 g/mol. The molecular formula is C10H16N4O6. The van der Waals surface area contributed by atoms with Gasteiger partial charge in [0.1, 0.15) is 12.6 Å². The van der Waals surface area contributed by atoms with Crippen molar-refractivity contribution in [2.24, 2.45) is 5.73 Å². The van der Waals surface area contributed by atoms with Crippen molar-refractivity contribution in [2.75, 3.05) is 32.8 Å². The van der Waals surface area contributed by atoms with Crippen LogP contribution in [-0.2, 0) is 19.1 Å². The summed E-state index contributed by atoms with van der Waals surface area (Å²) in [6.07, 6.45) is 0. The Hall–Kier alpha value is -2.36. The minimum Gasteiger partial charge on any atom is -0.480 e. The normalized spacial score (nSPS) is 18.2. The zero-order valence-corrected chi connectivity index (χ0v) is 10.6. The molecule has 1 aliphatic heterocycles. The van der Waals surface area contributed by atoms with Gasteiger partial charge in [-0.25, -0.2) is 4.79 Å². The third-order valence-electron chi connectivity index (χ3n) is 2.55. The molecule has 112 valence electrons. The van der Waals surface area contributed by atoms with Gasteiger partial charge in [-0.15, -0.1) is 0 Å². The van der Waals surface area contributed by atoms with E-state index < -0.39 is 42.9 Å². The van der Waals surface area contributed by atoms with Crippen LogP contribution in [0.5, 0.6) is 0 Å². The van der Waals surface area contributed by atoms with Gasteiger partial charge in [-0.3, -0.25) is 14.4 Å². The Bertz CT molecular complexity index is 413. The molecular weight excluding hydrogens is 272 g/mol. The molecule has 0 aromatic rings. The van der Waals surface area contributed by atoms with E-state index in [0.717, 1.165) is 0 Å². The minimum absolute atomic E-state index is 0.00790. The van der Waals surface area contributed by atoms with Gasteiger partial charge >= 0.3 is 12.0 Å². The number of amides is 4. The number of urea groups is 1. The van der Waals surface area contributed by atoms with Crippen molar-refractivity contribution in [3.05, 3.63) is 0 Å². The number of carboxylic acid groups (broad SMARTS) is 1. The number of nitrogens with two attached hydrogens (primary N) is 1. The van der Waals surface area contributed by atoms with E-state index in [1.54, 1.807) is 0 Å².